The Hall–Kier alpha value is -0.000000000000000167. The molecule has 0 aromatic heterocycles. The minimum absolute atomic E-state index is 0.00704. The van der Waals surface area contributed by atoms with Crippen molar-refractivity contribution in [1.82, 2.24) is 4.31 Å². The SMILES string of the molecule is C[C@H]1CCCN(S(=O)(=O)c2ccc(Cl)c(Cl)c2Cl)C1. The molecular formula is C12H14Cl3NO2S. The van der Waals surface area contributed by atoms with E-state index in [1.807, 2.05) is 6.92 Å². The third kappa shape index (κ3) is 3.03. The van der Waals surface area contributed by atoms with Gasteiger partial charge in [0.2, 0.25) is 10.0 Å². The summed E-state index contributed by atoms with van der Waals surface area (Å²) in [7, 11) is -3.61. The highest BCUT2D eigenvalue weighted by Gasteiger charge is 2.31. The smallest absolute Gasteiger partial charge is 0.207 e. The zero-order chi connectivity index (χ0) is 14.2. The van der Waals surface area contributed by atoms with Crippen LogP contribution in [0.5, 0.6) is 0 Å². The van der Waals surface area contributed by atoms with E-state index in [1.165, 1.54) is 16.4 Å². The number of halogens is 3. The summed E-state index contributed by atoms with van der Waals surface area (Å²) in [5.74, 6) is 0.352. The molecule has 0 unspecified atom stereocenters. The van der Waals surface area contributed by atoms with E-state index in [9.17, 15) is 8.42 Å². The van der Waals surface area contributed by atoms with Crippen LogP contribution in [0.2, 0.25) is 15.1 Å². The molecule has 0 bridgehead atoms. The predicted molar refractivity (Wildman–Crippen MR) is 78.6 cm³/mol. The maximum atomic E-state index is 12.6. The van der Waals surface area contributed by atoms with Crippen LogP contribution in [0, 0.1) is 5.92 Å². The van der Waals surface area contributed by atoms with Gasteiger partial charge in [-0.15, -0.1) is 0 Å². The van der Waals surface area contributed by atoms with Crippen molar-refractivity contribution in [2.45, 2.75) is 24.7 Å². The van der Waals surface area contributed by atoms with Crippen molar-refractivity contribution in [3.63, 3.8) is 0 Å². The number of hydrogen-bond acceptors (Lipinski definition) is 2. The molecule has 1 saturated heterocycles. The molecule has 1 aromatic rings. The molecule has 0 N–H and O–H groups in total. The first-order valence-corrected chi connectivity index (χ1v) is 8.55. The molecule has 2 rings (SSSR count). The van der Waals surface area contributed by atoms with Gasteiger partial charge in [-0.25, -0.2) is 8.42 Å². The Bertz CT molecular complexity index is 589. The molecular weight excluding hydrogens is 329 g/mol. The Morgan fingerprint density at radius 1 is 1.21 bits per heavy atom. The van der Waals surface area contributed by atoms with Gasteiger partial charge in [-0.05, 0) is 30.9 Å². The molecule has 1 aromatic carbocycles. The number of rotatable bonds is 2. The summed E-state index contributed by atoms with van der Waals surface area (Å²) in [5, 5.41) is 0.319. The Balaban J connectivity index is 2.42. The summed E-state index contributed by atoms with van der Waals surface area (Å²) < 4.78 is 26.6. The van der Waals surface area contributed by atoms with Crippen LogP contribution >= 0.6 is 34.8 Å². The minimum Gasteiger partial charge on any atom is -0.207 e. The van der Waals surface area contributed by atoms with E-state index in [0.717, 1.165) is 12.8 Å². The molecule has 1 aliphatic heterocycles. The largest absolute Gasteiger partial charge is 0.244 e. The molecule has 7 heteroatoms. The van der Waals surface area contributed by atoms with Crippen LogP contribution in [0.25, 0.3) is 0 Å². The second-order valence-electron chi connectivity index (χ2n) is 4.78. The van der Waals surface area contributed by atoms with E-state index < -0.39 is 10.0 Å². The molecule has 0 amide bonds. The molecule has 106 valence electrons. The van der Waals surface area contributed by atoms with Crippen LogP contribution < -0.4 is 0 Å². The van der Waals surface area contributed by atoms with Crippen molar-refractivity contribution in [2.24, 2.45) is 5.92 Å². The van der Waals surface area contributed by atoms with Crippen molar-refractivity contribution in [3.05, 3.63) is 27.2 Å². The molecule has 0 saturated carbocycles. The zero-order valence-electron chi connectivity index (χ0n) is 10.4. The van der Waals surface area contributed by atoms with Gasteiger partial charge < -0.3 is 0 Å². The van der Waals surface area contributed by atoms with Crippen molar-refractivity contribution < 1.29 is 8.42 Å². The fraction of sp³-hybridized carbons (Fsp3) is 0.500. The van der Waals surface area contributed by atoms with Gasteiger partial charge in [0, 0.05) is 13.1 Å². The van der Waals surface area contributed by atoms with E-state index in [1.54, 1.807) is 0 Å². The van der Waals surface area contributed by atoms with Gasteiger partial charge in [-0.1, -0.05) is 41.7 Å². The van der Waals surface area contributed by atoms with Crippen LogP contribution in [0.4, 0.5) is 0 Å². The highest BCUT2D eigenvalue weighted by molar-refractivity contribution is 7.89. The Morgan fingerprint density at radius 2 is 1.89 bits per heavy atom. The Morgan fingerprint density at radius 3 is 2.53 bits per heavy atom. The second-order valence-corrected chi connectivity index (χ2v) is 7.85. The summed E-state index contributed by atoms with van der Waals surface area (Å²) in [6.07, 6.45) is 1.90. The minimum atomic E-state index is -3.61. The van der Waals surface area contributed by atoms with Crippen LogP contribution in [-0.4, -0.2) is 25.8 Å². The topological polar surface area (TPSA) is 37.4 Å². The van der Waals surface area contributed by atoms with Gasteiger partial charge in [0.25, 0.3) is 0 Å². The fourth-order valence-electron chi connectivity index (χ4n) is 2.21. The van der Waals surface area contributed by atoms with E-state index in [-0.39, 0.29) is 20.0 Å². The first-order valence-electron chi connectivity index (χ1n) is 5.97. The van der Waals surface area contributed by atoms with Crippen molar-refractivity contribution >= 4 is 44.8 Å². The molecule has 0 aliphatic carbocycles. The highest BCUT2D eigenvalue weighted by Crippen LogP contribution is 2.36. The number of hydrogen-bond donors (Lipinski definition) is 0. The average Bonchev–Trinajstić information content (AvgIpc) is 2.36. The maximum absolute atomic E-state index is 12.6. The Kier molecular flexibility index (Phi) is 4.68. The number of sulfonamides is 1. The molecule has 3 nitrogen and oxygen atoms in total. The molecule has 19 heavy (non-hydrogen) atoms. The van der Waals surface area contributed by atoms with Crippen LogP contribution in [-0.2, 0) is 10.0 Å². The zero-order valence-corrected chi connectivity index (χ0v) is 13.5. The quantitative estimate of drug-likeness (QED) is 0.760. The third-order valence-corrected chi connectivity index (χ3v) is 6.55. The standard InChI is InChI=1S/C12H14Cl3NO2S/c1-8-3-2-6-16(7-8)19(17,18)10-5-4-9(13)11(14)12(10)15/h4-5,8H,2-3,6-7H2,1H3/t8-/m0/s1. The number of piperidine rings is 1. The summed E-state index contributed by atoms with van der Waals surface area (Å²) >= 11 is 17.7. The lowest BCUT2D eigenvalue weighted by Gasteiger charge is -2.30. The van der Waals surface area contributed by atoms with Gasteiger partial charge in [-0.3, -0.25) is 0 Å². The van der Waals surface area contributed by atoms with E-state index >= 15 is 0 Å². The highest BCUT2D eigenvalue weighted by atomic mass is 35.5. The normalized spacial score (nSPS) is 21.6. The summed E-state index contributed by atoms with van der Waals surface area (Å²) in [4.78, 5) is 0.0256. The average molecular weight is 343 g/mol. The predicted octanol–water partition coefficient (Wildman–Crippen LogP) is 4.07. The molecule has 1 atom stereocenters. The summed E-state index contributed by atoms with van der Waals surface area (Å²) in [6, 6.07) is 2.86. The lowest BCUT2D eigenvalue weighted by atomic mass is 10.0. The van der Waals surface area contributed by atoms with Crippen molar-refractivity contribution in [3.8, 4) is 0 Å². The van der Waals surface area contributed by atoms with Crippen LogP contribution in [0.1, 0.15) is 19.8 Å². The van der Waals surface area contributed by atoms with Crippen LogP contribution in [0.15, 0.2) is 17.0 Å². The van der Waals surface area contributed by atoms with Gasteiger partial charge >= 0.3 is 0 Å². The molecule has 1 heterocycles. The monoisotopic (exact) mass is 341 g/mol. The molecule has 1 fully saturated rings. The van der Waals surface area contributed by atoms with Gasteiger partial charge in [0.1, 0.15) is 4.90 Å². The number of nitrogens with zero attached hydrogens (tertiary/aromatic N) is 1. The van der Waals surface area contributed by atoms with Gasteiger partial charge in [0.05, 0.1) is 15.1 Å². The van der Waals surface area contributed by atoms with E-state index in [0.29, 0.717) is 19.0 Å². The summed E-state index contributed by atoms with van der Waals surface area (Å²) in [5.41, 5.74) is 0. The third-order valence-electron chi connectivity index (χ3n) is 3.24. The lowest BCUT2D eigenvalue weighted by Crippen LogP contribution is -2.39. The van der Waals surface area contributed by atoms with Gasteiger partial charge in [0.15, 0.2) is 0 Å². The molecule has 1 aliphatic rings. The second kappa shape index (κ2) is 5.78. The first-order chi connectivity index (χ1) is 8.84. The maximum Gasteiger partial charge on any atom is 0.244 e. The van der Waals surface area contributed by atoms with Crippen molar-refractivity contribution in [2.75, 3.05) is 13.1 Å². The first kappa shape index (κ1) is 15.4. The summed E-state index contributed by atoms with van der Waals surface area (Å²) in [6.45, 7) is 3.07. The van der Waals surface area contributed by atoms with E-state index in [4.69, 9.17) is 34.8 Å². The number of benzene rings is 1. The van der Waals surface area contributed by atoms with E-state index in [2.05, 4.69) is 0 Å². The lowest BCUT2D eigenvalue weighted by molar-refractivity contribution is 0.281. The Labute approximate surface area is 128 Å². The molecule has 0 radical (unpaired) electrons. The van der Waals surface area contributed by atoms with Crippen LogP contribution in [0.3, 0.4) is 0 Å². The van der Waals surface area contributed by atoms with Gasteiger partial charge in [-0.2, -0.15) is 4.31 Å². The fourth-order valence-corrected chi connectivity index (χ4v) is 4.76. The molecule has 0 spiro atoms. The van der Waals surface area contributed by atoms with Crippen molar-refractivity contribution in [1.29, 1.82) is 0 Å².